The van der Waals surface area contributed by atoms with E-state index in [0.29, 0.717) is 0 Å². The van der Waals surface area contributed by atoms with E-state index >= 15 is 0 Å². The van der Waals surface area contributed by atoms with Crippen molar-refractivity contribution < 1.29 is 0 Å². The van der Waals surface area contributed by atoms with Crippen molar-refractivity contribution in [2.45, 2.75) is 6.92 Å². The van der Waals surface area contributed by atoms with Gasteiger partial charge in [0, 0.05) is 28.1 Å². The number of halogens is 1. The number of nitrogens with one attached hydrogen (secondary N) is 1. The lowest BCUT2D eigenvalue weighted by Gasteiger charge is -2.10. The molecule has 0 heterocycles. The molecule has 0 fully saturated rings. The molecule has 0 aliphatic rings. The minimum absolute atomic E-state index is 0.826. The van der Waals surface area contributed by atoms with Crippen LogP contribution in [-0.4, -0.2) is 18.6 Å². The van der Waals surface area contributed by atoms with Gasteiger partial charge in [-0.05, 0) is 46.8 Å². The van der Waals surface area contributed by atoms with Crippen LogP contribution in [0.4, 0.5) is 11.4 Å². The van der Waals surface area contributed by atoms with E-state index < -0.39 is 0 Å². The summed E-state index contributed by atoms with van der Waals surface area (Å²) in [6, 6.07) is 4.01. The van der Waals surface area contributed by atoms with E-state index in [-0.39, 0.29) is 0 Å². The Labute approximate surface area is 97.8 Å². The molecule has 78 valence electrons. The third-order valence-corrected chi connectivity index (χ3v) is 3.25. The van der Waals surface area contributed by atoms with E-state index in [2.05, 4.69) is 33.6 Å². The molecule has 0 spiro atoms. The Hall–Kier alpha value is -0.350. The van der Waals surface area contributed by atoms with Gasteiger partial charge in [-0.3, -0.25) is 0 Å². The van der Waals surface area contributed by atoms with E-state index in [1.54, 1.807) is 0 Å². The lowest BCUT2D eigenvalue weighted by molar-refractivity contribution is 1.22. The largest absolute Gasteiger partial charge is 0.398 e. The standard InChI is InChI=1S/C10H15BrN2S/c1-7-5-10(13-3-4-14-2)8(11)6-9(7)12/h5-6,13H,3-4,12H2,1-2H3. The predicted octanol–water partition coefficient (Wildman–Crippen LogP) is 3.11. The Morgan fingerprint density at radius 3 is 2.86 bits per heavy atom. The summed E-state index contributed by atoms with van der Waals surface area (Å²) in [6.07, 6.45) is 2.10. The van der Waals surface area contributed by atoms with Crippen molar-refractivity contribution in [3.05, 3.63) is 22.2 Å². The van der Waals surface area contributed by atoms with Gasteiger partial charge in [-0.25, -0.2) is 0 Å². The number of nitrogen functional groups attached to an aromatic ring is 1. The molecule has 1 aromatic carbocycles. The normalized spacial score (nSPS) is 10.2. The summed E-state index contributed by atoms with van der Waals surface area (Å²) in [6.45, 7) is 2.99. The van der Waals surface area contributed by atoms with Crippen LogP contribution in [-0.2, 0) is 0 Å². The molecule has 0 saturated carbocycles. The van der Waals surface area contributed by atoms with Gasteiger partial charge in [0.05, 0.1) is 0 Å². The quantitative estimate of drug-likeness (QED) is 0.655. The second-order valence-corrected chi connectivity index (χ2v) is 4.95. The van der Waals surface area contributed by atoms with Crippen molar-refractivity contribution in [1.82, 2.24) is 0 Å². The highest BCUT2D eigenvalue weighted by Gasteiger charge is 2.02. The highest BCUT2D eigenvalue weighted by Crippen LogP contribution is 2.27. The molecule has 0 aromatic heterocycles. The van der Waals surface area contributed by atoms with Crippen LogP contribution in [0.3, 0.4) is 0 Å². The minimum atomic E-state index is 0.826. The first kappa shape index (κ1) is 11.7. The molecule has 0 unspecified atom stereocenters. The molecule has 0 saturated heterocycles. The van der Waals surface area contributed by atoms with Gasteiger partial charge in [-0.15, -0.1) is 0 Å². The number of nitrogens with two attached hydrogens (primary N) is 1. The number of hydrogen-bond acceptors (Lipinski definition) is 3. The first-order valence-electron chi connectivity index (χ1n) is 4.43. The maximum atomic E-state index is 5.78. The molecule has 0 aliphatic carbocycles. The zero-order valence-electron chi connectivity index (χ0n) is 8.43. The molecule has 0 radical (unpaired) electrons. The van der Waals surface area contributed by atoms with Crippen LogP contribution < -0.4 is 11.1 Å². The molecule has 1 rings (SSSR count). The Kier molecular flexibility index (Phi) is 4.62. The van der Waals surface area contributed by atoms with Crippen LogP contribution >= 0.6 is 27.7 Å². The maximum absolute atomic E-state index is 5.78. The van der Waals surface area contributed by atoms with Crippen LogP contribution in [0.1, 0.15) is 5.56 Å². The average Bonchev–Trinajstić information content (AvgIpc) is 2.14. The summed E-state index contributed by atoms with van der Waals surface area (Å²) in [5.41, 5.74) is 8.84. The lowest BCUT2D eigenvalue weighted by Crippen LogP contribution is -2.05. The Bertz CT molecular complexity index is 315. The summed E-state index contributed by atoms with van der Waals surface area (Å²) >= 11 is 5.32. The van der Waals surface area contributed by atoms with Crippen molar-refractivity contribution in [2.24, 2.45) is 0 Å². The maximum Gasteiger partial charge on any atom is 0.0489 e. The molecule has 0 atom stereocenters. The molecule has 0 amide bonds. The number of hydrogen-bond donors (Lipinski definition) is 2. The van der Waals surface area contributed by atoms with Gasteiger partial charge in [0.25, 0.3) is 0 Å². The van der Waals surface area contributed by atoms with Crippen LogP contribution in [0.2, 0.25) is 0 Å². The highest BCUT2D eigenvalue weighted by atomic mass is 79.9. The van der Waals surface area contributed by atoms with Gasteiger partial charge >= 0.3 is 0 Å². The predicted molar refractivity (Wildman–Crippen MR) is 70.2 cm³/mol. The summed E-state index contributed by atoms with van der Waals surface area (Å²) in [4.78, 5) is 0. The molecule has 2 nitrogen and oxygen atoms in total. The highest BCUT2D eigenvalue weighted by molar-refractivity contribution is 9.10. The molecule has 1 aromatic rings. The van der Waals surface area contributed by atoms with Crippen molar-refractivity contribution >= 4 is 39.1 Å². The second kappa shape index (κ2) is 5.51. The number of thioether (sulfide) groups is 1. The van der Waals surface area contributed by atoms with Crippen molar-refractivity contribution in [2.75, 3.05) is 29.6 Å². The molecular weight excluding hydrogens is 260 g/mol. The number of benzene rings is 1. The van der Waals surface area contributed by atoms with Gasteiger partial charge in [-0.2, -0.15) is 11.8 Å². The van der Waals surface area contributed by atoms with Gasteiger partial charge in [0.1, 0.15) is 0 Å². The van der Waals surface area contributed by atoms with Gasteiger partial charge in [0.15, 0.2) is 0 Å². The topological polar surface area (TPSA) is 38.0 Å². The second-order valence-electron chi connectivity index (χ2n) is 3.11. The molecule has 0 aliphatic heterocycles. The third kappa shape index (κ3) is 3.10. The molecular formula is C10H15BrN2S. The number of rotatable bonds is 4. The van der Waals surface area contributed by atoms with E-state index in [9.17, 15) is 0 Å². The SMILES string of the molecule is CSCCNc1cc(C)c(N)cc1Br. The van der Waals surface area contributed by atoms with Crippen molar-refractivity contribution in [3.63, 3.8) is 0 Å². The number of aryl methyl sites for hydroxylation is 1. The van der Waals surface area contributed by atoms with E-state index in [1.165, 1.54) is 0 Å². The van der Waals surface area contributed by atoms with Gasteiger partial charge in [0.2, 0.25) is 0 Å². The first-order chi connectivity index (χ1) is 6.65. The minimum Gasteiger partial charge on any atom is -0.398 e. The fraction of sp³-hybridized carbons (Fsp3) is 0.400. The van der Waals surface area contributed by atoms with Crippen LogP contribution in [0, 0.1) is 6.92 Å². The molecule has 4 heteroatoms. The fourth-order valence-corrected chi connectivity index (χ4v) is 1.93. The van der Waals surface area contributed by atoms with Crippen LogP contribution in [0.25, 0.3) is 0 Å². The Balaban J connectivity index is 2.72. The first-order valence-corrected chi connectivity index (χ1v) is 6.62. The zero-order valence-corrected chi connectivity index (χ0v) is 10.8. The Morgan fingerprint density at radius 2 is 2.21 bits per heavy atom. The number of anilines is 2. The third-order valence-electron chi connectivity index (χ3n) is 1.98. The molecule has 3 N–H and O–H groups in total. The van der Waals surface area contributed by atoms with Crippen molar-refractivity contribution in [3.8, 4) is 0 Å². The summed E-state index contributed by atoms with van der Waals surface area (Å²) in [5.74, 6) is 1.11. The van der Waals surface area contributed by atoms with E-state index in [1.807, 2.05) is 24.8 Å². The van der Waals surface area contributed by atoms with E-state index in [4.69, 9.17) is 5.73 Å². The lowest BCUT2D eigenvalue weighted by atomic mass is 10.2. The summed E-state index contributed by atoms with van der Waals surface area (Å²) in [7, 11) is 0. The van der Waals surface area contributed by atoms with Crippen molar-refractivity contribution in [1.29, 1.82) is 0 Å². The average molecular weight is 275 g/mol. The van der Waals surface area contributed by atoms with Crippen LogP contribution in [0.5, 0.6) is 0 Å². The van der Waals surface area contributed by atoms with Gasteiger partial charge in [-0.1, -0.05) is 0 Å². The molecule has 14 heavy (non-hydrogen) atoms. The molecule has 0 bridgehead atoms. The van der Waals surface area contributed by atoms with E-state index in [0.717, 1.165) is 33.7 Å². The smallest absolute Gasteiger partial charge is 0.0489 e. The van der Waals surface area contributed by atoms with Gasteiger partial charge < -0.3 is 11.1 Å². The summed E-state index contributed by atoms with van der Waals surface area (Å²) in [5, 5.41) is 3.36. The zero-order chi connectivity index (χ0) is 10.6. The Morgan fingerprint density at radius 1 is 1.50 bits per heavy atom. The summed E-state index contributed by atoms with van der Waals surface area (Å²) < 4.78 is 1.03. The monoisotopic (exact) mass is 274 g/mol. The van der Waals surface area contributed by atoms with Crippen LogP contribution in [0.15, 0.2) is 16.6 Å². The fourth-order valence-electron chi connectivity index (χ4n) is 1.12.